The molecule has 0 spiro atoms. The fourth-order valence-electron chi connectivity index (χ4n) is 2.20. The zero-order valence-corrected chi connectivity index (χ0v) is 14.6. The number of halogens is 2. The normalized spacial score (nSPS) is 11.4. The minimum atomic E-state index is -3.73. The third kappa shape index (κ3) is 4.83. The van der Waals surface area contributed by atoms with Gasteiger partial charge in [-0.15, -0.1) is 0 Å². The first-order valence-corrected chi connectivity index (χ1v) is 8.99. The van der Waals surface area contributed by atoms with E-state index in [-0.39, 0.29) is 18.0 Å². The molecule has 0 aliphatic rings. The summed E-state index contributed by atoms with van der Waals surface area (Å²) in [6.45, 7) is 3.31. The van der Waals surface area contributed by atoms with Crippen molar-refractivity contribution in [2.24, 2.45) is 0 Å². The van der Waals surface area contributed by atoms with Gasteiger partial charge < -0.3 is 5.32 Å². The van der Waals surface area contributed by atoms with Crippen molar-refractivity contribution in [3.05, 3.63) is 64.7 Å². The second kappa shape index (κ2) is 7.71. The molecule has 0 heterocycles. The molecule has 1 amide bonds. The van der Waals surface area contributed by atoms with Crippen molar-refractivity contribution in [3.63, 3.8) is 0 Å². The molecule has 0 atom stereocenters. The van der Waals surface area contributed by atoms with Crippen molar-refractivity contribution in [1.29, 1.82) is 0 Å². The first-order valence-electron chi connectivity index (χ1n) is 7.51. The van der Waals surface area contributed by atoms with Crippen LogP contribution in [0, 0.1) is 25.5 Å². The van der Waals surface area contributed by atoms with Gasteiger partial charge >= 0.3 is 0 Å². The fraction of sp³-hybridized carbons (Fsp3) is 0.235. The van der Waals surface area contributed by atoms with E-state index in [1.165, 1.54) is 0 Å². The Morgan fingerprint density at radius 2 is 1.76 bits per heavy atom. The summed E-state index contributed by atoms with van der Waals surface area (Å²) in [6.07, 6.45) is 0. The first kappa shape index (κ1) is 19.0. The Morgan fingerprint density at radius 1 is 1.04 bits per heavy atom. The SMILES string of the molecule is Cc1ccc(C)c(S(=O)(=O)NCCNC(=O)c2cc(F)ccc2F)c1. The molecule has 2 N–H and O–H groups in total. The van der Waals surface area contributed by atoms with Gasteiger partial charge in [-0.05, 0) is 49.2 Å². The Labute approximate surface area is 145 Å². The first-order chi connectivity index (χ1) is 11.7. The van der Waals surface area contributed by atoms with Crippen LogP contribution in [0.15, 0.2) is 41.3 Å². The highest BCUT2D eigenvalue weighted by Crippen LogP contribution is 2.16. The van der Waals surface area contributed by atoms with E-state index in [2.05, 4.69) is 10.0 Å². The highest BCUT2D eigenvalue weighted by atomic mass is 32.2. The van der Waals surface area contributed by atoms with Gasteiger partial charge in [-0.25, -0.2) is 21.9 Å². The van der Waals surface area contributed by atoms with E-state index in [0.717, 1.165) is 23.8 Å². The number of rotatable bonds is 6. The third-order valence-electron chi connectivity index (χ3n) is 3.51. The molecule has 0 bridgehead atoms. The molecule has 2 aromatic rings. The molecule has 0 radical (unpaired) electrons. The monoisotopic (exact) mass is 368 g/mol. The van der Waals surface area contributed by atoms with E-state index in [1.54, 1.807) is 26.0 Å². The predicted molar refractivity (Wildman–Crippen MR) is 89.8 cm³/mol. The van der Waals surface area contributed by atoms with Gasteiger partial charge in [-0.1, -0.05) is 12.1 Å². The van der Waals surface area contributed by atoms with Crippen molar-refractivity contribution in [2.75, 3.05) is 13.1 Å². The van der Waals surface area contributed by atoms with E-state index < -0.39 is 33.1 Å². The van der Waals surface area contributed by atoms with E-state index in [4.69, 9.17) is 0 Å². The lowest BCUT2D eigenvalue weighted by atomic mass is 10.2. The van der Waals surface area contributed by atoms with Crippen LogP contribution in [0.2, 0.25) is 0 Å². The number of amides is 1. The second-order valence-corrected chi connectivity index (χ2v) is 7.28. The maximum atomic E-state index is 13.5. The number of aryl methyl sites for hydroxylation is 2. The van der Waals surface area contributed by atoms with Gasteiger partial charge in [-0.3, -0.25) is 4.79 Å². The number of benzene rings is 2. The van der Waals surface area contributed by atoms with Gasteiger partial charge in [0.15, 0.2) is 0 Å². The van der Waals surface area contributed by atoms with Crippen LogP contribution in [-0.2, 0) is 10.0 Å². The lowest BCUT2D eigenvalue weighted by Gasteiger charge is -2.11. The van der Waals surface area contributed by atoms with Gasteiger partial charge in [-0.2, -0.15) is 0 Å². The standard InChI is InChI=1S/C17H18F2N2O3S/c1-11-3-4-12(2)16(9-11)25(23,24)21-8-7-20-17(22)14-10-13(18)5-6-15(14)19/h3-6,9-10,21H,7-8H2,1-2H3,(H,20,22). The van der Waals surface area contributed by atoms with Gasteiger partial charge in [0.2, 0.25) is 10.0 Å². The topological polar surface area (TPSA) is 75.3 Å². The minimum absolute atomic E-state index is 0.0706. The van der Waals surface area contributed by atoms with Crippen LogP contribution in [0.3, 0.4) is 0 Å². The molecule has 0 saturated carbocycles. The Bertz CT molecular complexity index is 899. The maximum Gasteiger partial charge on any atom is 0.254 e. The molecule has 0 aromatic heterocycles. The predicted octanol–water partition coefficient (Wildman–Crippen LogP) is 2.29. The maximum absolute atomic E-state index is 13.5. The lowest BCUT2D eigenvalue weighted by Crippen LogP contribution is -2.35. The van der Waals surface area contributed by atoms with E-state index in [1.807, 2.05) is 6.07 Å². The number of sulfonamides is 1. The zero-order valence-electron chi connectivity index (χ0n) is 13.8. The Balaban J connectivity index is 1.95. The Hall–Kier alpha value is -2.32. The summed E-state index contributed by atoms with van der Waals surface area (Å²) in [5.74, 6) is -2.40. The van der Waals surface area contributed by atoms with Crippen molar-refractivity contribution in [2.45, 2.75) is 18.7 Å². The quantitative estimate of drug-likeness (QED) is 0.768. The second-order valence-electron chi connectivity index (χ2n) is 5.55. The van der Waals surface area contributed by atoms with Crippen molar-refractivity contribution >= 4 is 15.9 Å². The summed E-state index contributed by atoms with van der Waals surface area (Å²) in [5, 5.41) is 2.34. The van der Waals surface area contributed by atoms with Gasteiger partial charge in [0.1, 0.15) is 11.6 Å². The van der Waals surface area contributed by atoms with E-state index in [9.17, 15) is 22.0 Å². The Kier molecular flexibility index (Phi) is 5.86. The molecular formula is C17H18F2N2O3S. The van der Waals surface area contributed by atoms with Crippen molar-refractivity contribution < 1.29 is 22.0 Å². The van der Waals surface area contributed by atoms with Crippen LogP contribution < -0.4 is 10.0 Å². The summed E-state index contributed by atoms with van der Waals surface area (Å²) in [4.78, 5) is 12.0. The Morgan fingerprint density at radius 3 is 2.48 bits per heavy atom. The molecular weight excluding hydrogens is 350 g/mol. The zero-order chi connectivity index (χ0) is 18.6. The number of carbonyl (C=O) groups excluding carboxylic acids is 1. The minimum Gasteiger partial charge on any atom is -0.351 e. The molecule has 0 unspecified atom stereocenters. The largest absolute Gasteiger partial charge is 0.351 e. The molecule has 25 heavy (non-hydrogen) atoms. The van der Waals surface area contributed by atoms with Crippen LogP contribution in [0.1, 0.15) is 21.5 Å². The summed E-state index contributed by atoms with van der Waals surface area (Å²) >= 11 is 0. The number of hydrogen-bond donors (Lipinski definition) is 2. The van der Waals surface area contributed by atoms with E-state index in [0.29, 0.717) is 5.56 Å². The molecule has 0 aliphatic heterocycles. The molecule has 2 rings (SSSR count). The van der Waals surface area contributed by atoms with Gasteiger partial charge in [0.25, 0.3) is 5.91 Å². The summed E-state index contributed by atoms with van der Waals surface area (Å²) in [6, 6.07) is 7.61. The number of carbonyl (C=O) groups is 1. The van der Waals surface area contributed by atoms with Crippen molar-refractivity contribution in [3.8, 4) is 0 Å². The molecule has 5 nitrogen and oxygen atoms in total. The molecule has 0 fully saturated rings. The van der Waals surface area contributed by atoms with E-state index >= 15 is 0 Å². The van der Waals surface area contributed by atoms with Crippen LogP contribution in [0.5, 0.6) is 0 Å². The highest BCUT2D eigenvalue weighted by molar-refractivity contribution is 7.89. The van der Waals surface area contributed by atoms with Crippen LogP contribution in [0.25, 0.3) is 0 Å². The van der Waals surface area contributed by atoms with Crippen molar-refractivity contribution in [1.82, 2.24) is 10.0 Å². The number of nitrogens with one attached hydrogen (secondary N) is 2. The average molecular weight is 368 g/mol. The molecule has 0 aliphatic carbocycles. The molecule has 134 valence electrons. The lowest BCUT2D eigenvalue weighted by molar-refractivity contribution is 0.0950. The van der Waals surface area contributed by atoms with Crippen LogP contribution >= 0.6 is 0 Å². The highest BCUT2D eigenvalue weighted by Gasteiger charge is 2.17. The summed E-state index contributed by atoms with van der Waals surface area (Å²) < 4.78 is 53.5. The third-order valence-corrected chi connectivity index (χ3v) is 5.11. The average Bonchev–Trinajstić information content (AvgIpc) is 2.55. The molecule has 8 heteroatoms. The fourth-order valence-corrected chi connectivity index (χ4v) is 3.56. The smallest absolute Gasteiger partial charge is 0.254 e. The van der Waals surface area contributed by atoms with Crippen LogP contribution in [0.4, 0.5) is 8.78 Å². The van der Waals surface area contributed by atoms with Crippen LogP contribution in [-0.4, -0.2) is 27.4 Å². The summed E-state index contributed by atoms with van der Waals surface area (Å²) in [5.41, 5.74) is 0.974. The van der Waals surface area contributed by atoms with Gasteiger partial charge in [0, 0.05) is 13.1 Å². The molecule has 0 saturated heterocycles. The summed E-state index contributed by atoms with van der Waals surface area (Å²) in [7, 11) is -3.73. The number of hydrogen-bond acceptors (Lipinski definition) is 3. The molecule has 2 aromatic carbocycles. The van der Waals surface area contributed by atoms with Gasteiger partial charge in [0.05, 0.1) is 10.5 Å².